The van der Waals surface area contributed by atoms with Crippen LogP contribution in [0.25, 0.3) is 0 Å². The molecule has 0 aromatic heterocycles. The fraction of sp³-hybridized carbons (Fsp3) is 0.917. The van der Waals surface area contributed by atoms with Crippen LogP contribution in [0.3, 0.4) is 0 Å². The van der Waals surface area contributed by atoms with Gasteiger partial charge in [-0.25, -0.2) is 0 Å². The van der Waals surface area contributed by atoms with Gasteiger partial charge in [-0.1, -0.05) is 47.5 Å². The highest BCUT2D eigenvalue weighted by molar-refractivity contribution is 5.03. The van der Waals surface area contributed by atoms with E-state index in [2.05, 4.69) is 34.6 Å². The lowest BCUT2D eigenvalue weighted by Crippen LogP contribution is -2.36. The Labute approximate surface area is 87.9 Å². The molecular weight excluding hydrogens is 176 g/mol. The first-order valence-corrected chi connectivity index (χ1v) is 5.70. The smallest absolute Gasteiger partial charge is 0.188 e. The van der Waals surface area contributed by atoms with E-state index in [1.165, 1.54) is 19.3 Å². The quantitative estimate of drug-likeness (QED) is 0.492. The Morgan fingerprint density at radius 3 is 1.93 bits per heavy atom. The molecule has 0 spiro atoms. The van der Waals surface area contributed by atoms with Gasteiger partial charge < -0.3 is 0 Å². The van der Waals surface area contributed by atoms with Crippen LogP contribution in [0.5, 0.6) is 0 Å². The Hall–Kier alpha value is -0.0800. The van der Waals surface area contributed by atoms with Gasteiger partial charge in [-0.15, -0.1) is 0 Å². The van der Waals surface area contributed by atoms with Crippen LogP contribution in [0.4, 0.5) is 0 Å². The lowest BCUT2D eigenvalue weighted by Gasteiger charge is -2.41. The van der Waals surface area contributed by atoms with Gasteiger partial charge in [0.2, 0.25) is 0 Å². The molecule has 14 heavy (non-hydrogen) atoms. The van der Waals surface area contributed by atoms with Gasteiger partial charge in [-0.3, -0.25) is 0 Å². The van der Waals surface area contributed by atoms with Gasteiger partial charge >= 0.3 is 0 Å². The van der Waals surface area contributed by atoms with Gasteiger partial charge in [0.25, 0.3) is 6.29 Å². The molecule has 1 saturated heterocycles. The highest BCUT2D eigenvalue weighted by Crippen LogP contribution is 2.57. The minimum atomic E-state index is 0.114. The van der Waals surface area contributed by atoms with Crippen LogP contribution in [0.1, 0.15) is 60.3 Å². The Kier molecular flexibility index (Phi) is 3.59. The first-order valence-electron chi connectivity index (χ1n) is 5.70. The summed E-state index contributed by atoms with van der Waals surface area (Å²) < 4.78 is 0. The minimum absolute atomic E-state index is 0.114. The van der Waals surface area contributed by atoms with Crippen LogP contribution >= 0.6 is 0 Å². The summed E-state index contributed by atoms with van der Waals surface area (Å²) in [7, 11) is 0. The summed E-state index contributed by atoms with van der Waals surface area (Å²) >= 11 is 0. The molecular formula is C12H23O2. The van der Waals surface area contributed by atoms with Gasteiger partial charge in [0.05, 0.1) is 0 Å². The predicted molar refractivity (Wildman–Crippen MR) is 57.1 cm³/mol. The number of hydrogen-bond donors (Lipinski definition) is 0. The number of unbranched alkanes of at least 4 members (excludes halogenated alkanes) is 1. The SMILES string of the molecule is CCCCC(CC)([C]1OO1)C(C)(C)C. The standard InChI is InChI=1S/C12H23O2/c1-6-8-9-12(7-2,10-13-14-10)11(3,4)5/h6-9H2,1-5H3. The van der Waals surface area contributed by atoms with E-state index in [0.717, 1.165) is 12.7 Å². The zero-order valence-electron chi connectivity index (χ0n) is 10.1. The average Bonchev–Trinajstić information content (AvgIpc) is 2.88. The third-order valence-electron chi connectivity index (χ3n) is 3.55. The zero-order chi connectivity index (χ0) is 10.8. The third kappa shape index (κ3) is 2.12. The predicted octanol–water partition coefficient (Wildman–Crippen LogP) is 4.07. The molecule has 2 heteroatoms. The molecule has 1 aliphatic rings. The molecule has 0 aromatic rings. The normalized spacial score (nSPS) is 22.1. The molecule has 1 radical (unpaired) electrons. The van der Waals surface area contributed by atoms with Crippen LogP contribution < -0.4 is 0 Å². The lowest BCUT2D eigenvalue weighted by atomic mass is 9.62. The van der Waals surface area contributed by atoms with E-state index in [4.69, 9.17) is 9.78 Å². The minimum Gasteiger partial charge on any atom is -0.188 e. The Balaban J connectivity index is 2.75. The van der Waals surface area contributed by atoms with Crippen LogP contribution in [0, 0.1) is 17.1 Å². The molecule has 0 amide bonds. The maximum Gasteiger partial charge on any atom is 0.299 e. The summed E-state index contributed by atoms with van der Waals surface area (Å²) in [5.41, 5.74) is 0.325. The van der Waals surface area contributed by atoms with Crippen LogP contribution in [0.2, 0.25) is 0 Å². The molecule has 83 valence electrons. The van der Waals surface area contributed by atoms with E-state index in [9.17, 15) is 0 Å². The van der Waals surface area contributed by atoms with Gasteiger partial charge in [0.1, 0.15) is 0 Å². The lowest BCUT2D eigenvalue weighted by molar-refractivity contribution is 0.0725. The molecule has 1 unspecified atom stereocenters. The monoisotopic (exact) mass is 199 g/mol. The Morgan fingerprint density at radius 1 is 1.07 bits per heavy atom. The molecule has 1 rings (SSSR count). The van der Waals surface area contributed by atoms with E-state index < -0.39 is 0 Å². The third-order valence-corrected chi connectivity index (χ3v) is 3.55. The molecule has 0 aromatic carbocycles. The first-order chi connectivity index (χ1) is 6.48. The summed E-state index contributed by atoms with van der Waals surface area (Å²) in [5, 5.41) is 0. The fourth-order valence-electron chi connectivity index (χ4n) is 2.29. The summed E-state index contributed by atoms with van der Waals surface area (Å²) in [4.78, 5) is 10.0. The highest BCUT2D eigenvalue weighted by atomic mass is 17.4. The van der Waals surface area contributed by atoms with Crippen molar-refractivity contribution in [1.82, 2.24) is 0 Å². The van der Waals surface area contributed by atoms with Gasteiger partial charge in [-0.2, -0.15) is 9.78 Å². The van der Waals surface area contributed by atoms with Crippen molar-refractivity contribution in [1.29, 1.82) is 0 Å². The molecule has 1 heterocycles. The van der Waals surface area contributed by atoms with Crippen molar-refractivity contribution in [3.05, 3.63) is 6.29 Å². The van der Waals surface area contributed by atoms with Crippen molar-refractivity contribution in [3.8, 4) is 0 Å². The van der Waals surface area contributed by atoms with Gasteiger partial charge in [0.15, 0.2) is 0 Å². The molecule has 1 fully saturated rings. The molecule has 0 saturated carbocycles. The molecule has 1 aliphatic heterocycles. The molecule has 0 aliphatic carbocycles. The Morgan fingerprint density at radius 2 is 1.64 bits per heavy atom. The molecule has 2 nitrogen and oxygen atoms in total. The second kappa shape index (κ2) is 4.19. The summed E-state index contributed by atoms with van der Waals surface area (Å²) in [6, 6.07) is 0. The highest BCUT2D eigenvalue weighted by Gasteiger charge is 2.56. The van der Waals surface area contributed by atoms with E-state index in [-0.39, 0.29) is 10.8 Å². The topological polar surface area (TPSA) is 25.1 Å². The average molecular weight is 199 g/mol. The van der Waals surface area contributed by atoms with E-state index in [0.29, 0.717) is 0 Å². The van der Waals surface area contributed by atoms with Crippen molar-refractivity contribution < 1.29 is 9.78 Å². The van der Waals surface area contributed by atoms with Crippen molar-refractivity contribution in [3.63, 3.8) is 0 Å². The fourth-order valence-corrected chi connectivity index (χ4v) is 2.29. The van der Waals surface area contributed by atoms with Crippen molar-refractivity contribution in [2.75, 3.05) is 0 Å². The molecule has 1 atom stereocenters. The van der Waals surface area contributed by atoms with E-state index >= 15 is 0 Å². The first kappa shape index (κ1) is 12.0. The van der Waals surface area contributed by atoms with Gasteiger partial charge in [-0.05, 0) is 18.3 Å². The summed E-state index contributed by atoms with van der Waals surface area (Å²) in [5.74, 6) is 0. The Bertz CT molecular complexity index is 179. The second-order valence-corrected chi connectivity index (χ2v) is 5.24. The summed E-state index contributed by atoms with van der Waals surface area (Å²) in [6.45, 7) is 11.2. The molecule has 0 N–H and O–H groups in total. The van der Waals surface area contributed by atoms with Crippen LogP contribution in [-0.2, 0) is 9.78 Å². The maximum absolute atomic E-state index is 5.01. The number of rotatable bonds is 5. The van der Waals surface area contributed by atoms with E-state index in [1.807, 2.05) is 0 Å². The number of hydrogen-bond acceptors (Lipinski definition) is 2. The second-order valence-electron chi connectivity index (χ2n) is 5.24. The maximum atomic E-state index is 5.01. The molecule has 0 bridgehead atoms. The zero-order valence-corrected chi connectivity index (χ0v) is 10.1. The van der Waals surface area contributed by atoms with Crippen molar-refractivity contribution >= 4 is 0 Å². The van der Waals surface area contributed by atoms with E-state index in [1.54, 1.807) is 0 Å². The summed E-state index contributed by atoms with van der Waals surface area (Å²) in [6.07, 6.45) is 5.58. The van der Waals surface area contributed by atoms with Crippen LogP contribution in [-0.4, -0.2) is 0 Å². The van der Waals surface area contributed by atoms with Crippen molar-refractivity contribution in [2.24, 2.45) is 10.8 Å². The van der Waals surface area contributed by atoms with Gasteiger partial charge in [0, 0.05) is 5.41 Å². The van der Waals surface area contributed by atoms with Crippen LogP contribution in [0.15, 0.2) is 0 Å². The van der Waals surface area contributed by atoms with Crippen molar-refractivity contribution in [2.45, 2.75) is 60.3 Å². The largest absolute Gasteiger partial charge is 0.299 e.